The fourth-order valence-electron chi connectivity index (χ4n) is 0.801. The van der Waals surface area contributed by atoms with E-state index in [0.29, 0.717) is 0 Å². The summed E-state index contributed by atoms with van der Waals surface area (Å²) in [7, 11) is 0. The first kappa shape index (κ1) is 8.70. The van der Waals surface area contributed by atoms with E-state index in [0.717, 1.165) is 25.7 Å². The molecule has 9 heavy (non-hydrogen) atoms. The largest absolute Gasteiger partial charge is 0.237 e. The van der Waals surface area contributed by atoms with Crippen LogP contribution in [0.25, 0.3) is 0 Å². The van der Waals surface area contributed by atoms with Crippen LogP contribution in [-0.2, 0) is 5.11 Å². The minimum absolute atomic E-state index is 0.0444. The predicted molar refractivity (Wildman–Crippen MR) is 38.8 cm³/mol. The second-order valence-corrected chi connectivity index (χ2v) is 2.31. The monoisotopic (exact) mass is 127 g/mol. The molecule has 0 rings (SSSR count). The van der Waals surface area contributed by atoms with Gasteiger partial charge in [0.05, 0.1) is 6.61 Å². The average Bonchev–Trinajstić information content (AvgIpc) is 1.85. The van der Waals surface area contributed by atoms with E-state index < -0.39 is 0 Å². The SMILES string of the molecule is C=C(CCC)CCC[O]. The summed E-state index contributed by atoms with van der Waals surface area (Å²) in [5.41, 5.74) is 1.23. The molecule has 0 saturated heterocycles. The van der Waals surface area contributed by atoms with E-state index in [4.69, 9.17) is 0 Å². The first-order valence-electron chi connectivity index (χ1n) is 3.56. The van der Waals surface area contributed by atoms with Gasteiger partial charge in [-0.2, -0.15) is 0 Å². The summed E-state index contributed by atoms with van der Waals surface area (Å²) in [6.45, 7) is 6.01. The van der Waals surface area contributed by atoms with Crippen LogP contribution < -0.4 is 0 Å². The van der Waals surface area contributed by atoms with Crippen LogP contribution in [0, 0.1) is 0 Å². The zero-order chi connectivity index (χ0) is 7.11. The Kier molecular flexibility index (Phi) is 5.64. The van der Waals surface area contributed by atoms with Gasteiger partial charge in [0.15, 0.2) is 0 Å². The number of hydrogen-bond donors (Lipinski definition) is 0. The van der Waals surface area contributed by atoms with Crippen molar-refractivity contribution in [3.05, 3.63) is 12.2 Å². The summed E-state index contributed by atoms with van der Waals surface area (Å²) >= 11 is 0. The van der Waals surface area contributed by atoms with E-state index in [1.165, 1.54) is 5.57 Å². The molecule has 0 amide bonds. The molecule has 0 aliphatic heterocycles. The number of hydrogen-bond acceptors (Lipinski definition) is 0. The molecule has 0 aromatic rings. The highest BCUT2D eigenvalue weighted by Gasteiger charge is 1.91. The molecule has 0 saturated carbocycles. The van der Waals surface area contributed by atoms with Gasteiger partial charge in [-0.15, -0.1) is 0 Å². The maximum absolute atomic E-state index is 10.00. The zero-order valence-corrected chi connectivity index (χ0v) is 6.15. The Morgan fingerprint density at radius 3 is 2.56 bits per heavy atom. The van der Waals surface area contributed by atoms with Crippen LogP contribution in [0.4, 0.5) is 0 Å². The molecule has 0 aliphatic carbocycles. The fraction of sp³-hybridized carbons (Fsp3) is 0.750. The van der Waals surface area contributed by atoms with Crippen LogP contribution in [0.2, 0.25) is 0 Å². The molecule has 0 heterocycles. The lowest BCUT2D eigenvalue weighted by Crippen LogP contribution is -1.84. The van der Waals surface area contributed by atoms with Crippen molar-refractivity contribution in [2.75, 3.05) is 6.61 Å². The van der Waals surface area contributed by atoms with E-state index in [2.05, 4.69) is 13.5 Å². The van der Waals surface area contributed by atoms with Gasteiger partial charge in [-0.3, -0.25) is 0 Å². The van der Waals surface area contributed by atoms with Gasteiger partial charge in [-0.05, 0) is 19.3 Å². The quantitative estimate of drug-likeness (QED) is 0.506. The first-order valence-corrected chi connectivity index (χ1v) is 3.56. The molecule has 0 bridgehead atoms. The van der Waals surface area contributed by atoms with E-state index in [1.807, 2.05) is 0 Å². The molecule has 0 aromatic carbocycles. The van der Waals surface area contributed by atoms with Crippen molar-refractivity contribution in [2.24, 2.45) is 0 Å². The van der Waals surface area contributed by atoms with Crippen molar-refractivity contribution in [1.29, 1.82) is 0 Å². The highest BCUT2D eigenvalue weighted by Crippen LogP contribution is 2.08. The second kappa shape index (κ2) is 5.83. The molecule has 0 atom stereocenters. The van der Waals surface area contributed by atoms with Crippen LogP contribution in [0.1, 0.15) is 32.6 Å². The van der Waals surface area contributed by atoms with Crippen molar-refractivity contribution >= 4 is 0 Å². The van der Waals surface area contributed by atoms with E-state index >= 15 is 0 Å². The van der Waals surface area contributed by atoms with E-state index in [-0.39, 0.29) is 6.61 Å². The molecule has 0 aromatic heterocycles. The lowest BCUT2D eigenvalue weighted by atomic mass is 10.1. The van der Waals surface area contributed by atoms with Crippen LogP contribution in [0.15, 0.2) is 12.2 Å². The normalized spacial score (nSPS) is 9.56. The minimum atomic E-state index is 0.0444. The van der Waals surface area contributed by atoms with Crippen LogP contribution in [-0.4, -0.2) is 6.61 Å². The fourth-order valence-corrected chi connectivity index (χ4v) is 0.801. The van der Waals surface area contributed by atoms with Crippen molar-refractivity contribution in [1.82, 2.24) is 0 Å². The molecule has 1 heteroatoms. The predicted octanol–water partition coefficient (Wildman–Crippen LogP) is 2.55. The standard InChI is InChI=1S/C8H15O/c1-3-5-8(2)6-4-7-9/h2-7H2,1H3. The smallest absolute Gasteiger partial charge is 0.0825 e. The lowest BCUT2D eigenvalue weighted by Gasteiger charge is -1.99. The summed E-state index contributed by atoms with van der Waals surface area (Å²) in [6, 6.07) is 0. The van der Waals surface area contributed by atoms with Gasteiger partial charge in [-0.25, -0.2) is 5.11 Å². The van der Waals surface area contributed by atoms with Gasteiger partial charge >= 0.3 is 0 Å². The second-order valence-electron chi connectivity index (χ2n) is 2.31. The van der Waals surface area contributed by atoms with Crippen molar-refractivity contribution < 1.29 is 5.11 Å². The summed E-state index contributed by atoms with van der Waals surface area (Å²) in [5, 5.41) is 10.00. The molecule has 53 valence electrons. The average molecular weight is 127 g/mol. The topological polar surface area (TPSA) is 19.9 Å². The Morgan fingerprint density at radius 2 is 2.11 bits per heavy atom. The molecule has 0 spiro atoms. The maximum atomic E-state index is 10.00. The summed E-state index contributed by atoms with van der Waals surface area (Å²) < 4.78 is 0. The van der Waals surface area contributed by atoms with Gasteiger partial charge in [0.2, 0.25) is 0 Å². The Labute approximate surface area is 57.4 Å². The van der Waals surface area contributed by atoms with Crippen molar-refractivity contribution in [2.45, 2.75) is 32.6 Å². The Morgan fingerprint density at radius 1 is 1.44 bits per heavy atom. The molecule has 0 fully saturated rings. The summed E-state index contributed by atoms with van der Waals surface area (Å²) in [4.78, 5) is 0. The molecule has 0 unspecified atom stereocenters. The lowest BCUT2D eigenvalue weighted by molar-refractivity contribution is 0.189. The molecule has 1 nitrogen and oxygen atoms in total. The third kappa shape index (κ3) is 5.57. The molecular formula is C8H15O. The number of allylic oxidation sites excluding steroid dienone is 1. The van der Waals surface area contributed by atoms with Crippen LogP contribution in [0.3, 0.4) is 0 Å². The van der Waals surface area contributed by atoms with Gasteiger partial charge in [-0.1, -0.05) is 25.5 Å². The minimum Gasteiger partial charge on any atom is -0.237 e. The molecule has 1 radical (unpaired) electrons. The van der Waals surface area contributed by atoms with Crippen LogP contribution >= 0.6 is 0 Å². The Balaban J connectivity index is 3.06. The van der Waals surface area contributed by atoms with Crippen LogP contribution in [0.5, 0.6) is 0 Å². The van der Waals surface area contributed by atoms with Crippen molar-refractivity contribution in [3.8, 4) is 0 Å². The van der Waals surface area contributed by atoms with Gasteiger partial charge < -0.3 is 0 Å². The Hall–Kier alpha value is -0.300. The number of rotatable bonds is 5. The highest BCUT2D eigenvalue weighted by molar-refractivity contribution is 4.92. The third-order valence-electron chi connectivity index (χ3n) is 1.28. The van der Waals surface area contributed by atoms with Gasteiger partial charge in [0.1, 0.15) is 0 Å². The van der Waals surface area contributed by atoms with Gasteiger partial charge in [0, 0.05) is 0 Å². The summed E-state index contributed by atoms with van der Waals surface area (Å²) in [6.07, 6.45) is 3.92. The molecule has 0 aliphatic rings. The highest BCUT2D eigenvalue weighted by atomic mass is 16.2. The zero-order valence-electron chi connectivity index (χ0n) is 6.15. The molecular weight excluding hydrogens is 112 g/mol. The molecule has 0 N–H and O–H groups in total. The maximum Gasteiger partial charge on any atom is 0.0825 e. The Bertz CT molecular complexity index is 76.6. The third-order valence-corrected chi connectivity index (χ3v) is 1.28. The van der Waals surface area contributed by atoms with E-state index in [1.54, 1.807) is 0 Å². The summed E-state index contributed by atoms with van der Waals surface area (Å²) in [5.74, 6) is 0. The first-order chi connectivity index (χ1) is 4.31. The van der Waals surface area contributed by atoms with Gasteiger partial charge in [0.25, 0.3) is 0 Å². The van der Waals surface area contributed by atoms with E-state index in [9.17, 15) is 5.11 Å². The van der Waals surface area contributed by atoms with Crippen molar-refractivity contribution in [3.63, 3.8) is 0 Å².